The minimum atomic E-state index is -0.345. The summed E-state index contributed by atoms with van der Waals surface area (Å²) in [7, 11) is 1.61. The highest BCUT2D eigenvalue weighted by molar-refractivity contribution is 8.02. The highest BCUT2D eigenvalue weighted by atomic mass is 32.2. The number of anilines is 1. The summed E-state index contributed by atoms with van der Waals surface area (Å²) in [4.78, 5) is 12.2. The Morgan fingerprint density at radius 1 is 1.33 bits per heavy atom. The molecule has 0 unspecified atom stereocenters. The molecule has 24 heavy (non-hydrogen) atoms. The molecule has 0 amide bonds. The Balaban J connectivity index is 2.01. The summed E-state index contributed by atoms with van der Waals surface area (Å²) in [5.74, 6) is -0.345. The zero-order valence-corrected chi connectivity index (χ0v) is 15.1. The Labute approximate surface area is 148 Å². The Morgan fingerprint density at radius 3 is 2.92 bits per heavy atom. The number of nitrogens with zero attached hydrogens (tertiary/aromatic N) is 1. The quantitative estimate of drug-likeness (QED) is 0.492. The highest BCUT2D eigenvalue weighted by Gasteiger charge is 2.18. The van der Waals surface area contributed by atoms with Gasteiger partial charge in [0.1, 0.15) is 12.4 Å². The van der Waals surface area contributed by atoms with Crippen LogP contribution in [0.15, 0.2) is 46.0 Å². The van der Waals surface area contributed by atoms with Crippen LogP contribution in [0.4, 0.5) is 5.69 Å². The van der Waals surface area contributed by atoms with Crippen LogP contribution in [0.3, 0.4) is 0 Å². The van der Waals surface area contributed by atoms with Crippen molar-refractivity contribution in [2.24, 2.45) is 0 Å². The lowest BCUT2D eigenvalue weighted by Gasteiger charge is -2.12. The molecular weight excluding hydrogens is 344 g/mol. The van der Waals surface area contributed by atoms with Gasteiger partial charge in [-0.05, 0) is 42.5 Å². The van der Waals surface area contributed by atoms with Gasteiger partial charge in [0, 0.05) is 12.5 Å². The molecule has 0 fully saturated rings. The average Bonchev–Trinajstić information content (AvgIpc) is 3.22. The fourth-order valence-electron chi connectivity index (χ4n) is 2.47. The zero-order chi connectivity index (χ0) is 16.9. The summed E-state index contributed by atoms with van der Waals surface area (Å²) in [5.41, 5.74) is 2.34. The van der Waals surface area contributed by atoms with Crippen molar-refractivity contribution in [2.45, 2.75) is 17.9 Å². The van der Waals surface area contributed by atoms with E-state index in [1.165, 1.54) is 4.21 Å². The average molecular weight is 362 g/mol. The third-order valence-electron chi connectivity index (χ3n) is 3.42. The summed E-state index contributed by atoms with van der Waals surface area (Å²) in [6, 6.07) is 11.8. The smallest absolute Gasteiger partial charge is 0.355 e. The number of rotatable bonds is 7. The molecule has 0 radical (unpaired) electrons. The fourth-order valence-corrected chi connectivity index (χ4v) is 3.93. The third kappa shape index (κ3) is 3.43. The molecule has 0 aliphatic heterocycles. The molecule has 3 aromatic rings. The van der Waals surface area contributed by atoms with E-state index in [9.17, 15) is 4.79 Å². The Bertz CT molecular complexity index is 828. The van der Waals surface area contributed by atoms with E-state index in [1.807, 2.05) is 40.3 Å². The van der Waals surface area contributed by atoms with Gasteiger partial charge in [-0.2, -0.15) is 0 Å². The molecule has 5 nitrogen and oxygen atoms in total. The van der Waals surface area contributed by atoms with Crippen LogP contribution in [0.5, 0.6) is 0 Å². The maximum absolute atomic E-state index is 12.2. The van der Waals surface area contributed by atoms with Crippen LogP contribution in [-0.2, 0) is 16.2 Å². The van der Waals surface area contributed by atoms with Crippen molar-refractivity contribution >= 4 is 45.8 Å². The number of ether oxygens (including phenoxy) is 2. The van der Waals surface area contributed by atoms with Crippen molar-refractivity contribution in [2.75, 3.05) is 18.4 Å². The fraction of sp³-hybridized carbons (Fsp3) is 0.235. The molecule has 7 heteroatoms. The second-order valence-electron chi connectivity index (χ2n) is 4.98. The first-order chi connectivity index (χ1) is 11.7. The van der Waals surface area contributed by atoms with Crippen molar-refractivity contribution in [1.82, 2.24) is 4.57 Å². The maximum atomic E-state index is 12.2. The second kappa shape index (κ2) is 7.74. The van der Waals surface area contributed by atoms with E-state index < -0.39 is 0 Å². The van der Waals surface area contributed by atoms with Crippen LogP contribution >= 0.6 is 23.3 Å². The number of carbonyl (C=O) groups is 1. The largest absolute Gasteiger partial charge is 0.461 e. The molecule has 2 heterocycles. The van der Waals surface area contributed by atoms with E-state index in [0.717, 1.165) is 16.6 Å². The third-order valence-corrected chi connectivity index (χ3v) is 5.28. The first kappa shape index (κ1) is 16.9. The van der Waals surface area contributed by atoms with Gasteiger partial charge in [0.2, 0.25) is 0 Å². The van der Waals surface area contributed by atoms with Gasteiger partial charge in [0.15, 0.2) is 0 Å². The number of nitrogens with one attached hydrogen (secondary N) is 1. The van der Waals surface area contributed by atoms with Gasteiger partial charge in [-0.15, -0.1) is 11.3 Å². The standard InChI is InChI=1S/C17H18N2O3S2/c1-3-22-17(20)14-10-12-6-4-7-13(16(12)19(14)11-21-2)18-24-15-8-5-9-23-15/h4-10,18H,3,11H2,1-2H3. The van der Waals surface area contributed by atoms with Crippen LogP contribution < -0.4 is 4.72 Å². The van der Waals surface area contributed by atoms with Crippen molar-refractivity contribution in [3.05, 3.63) is 47.5 Å². The molecule has 0 saturated carbocycles. The number of hydrogen-bond donors (Lipinski definition) is 1. The summed E-state index contributed by atoms with van der Waals surface area (Å²) >= 11 is 3.22. The van der Waals surface area contributed by atoms with Gasteiger partial charge < -0.3 is 18.8 Å². The number of esters is 1. The number of thiophene rings is 1. The van der Waals surface area contributed by atoms with Gasteiger partial charge in [-0.3, -0.25) is 0 Å². The van der Waals surface area contributed by atoms with Gasteiger partial charge in [0.25, 0.3) is 0 Å². The van der Waals surface area contributed by atoms with Gasteiger partial charge in [0.05, 0.1) is 22.0 Å². The normalized spacial score (nSPS) is 10.9. The number of aromatic nitrogens is 1. The number of methoxy groups -OCH3 is 1. The first-order valence-corrected chi connectivity index (χ1v) is 9.19. The van der Waals surface area contributed by atoms with E-state index in [1.54, 1.807) is 37.3 Å². The van der Waals surface area contributed by atoms with E-state index in [0.29, 0.717) is 12.3 Å². The molecule has 3 rings (SSSR count). The summed E-state index contributed by atoms with van der Waals surface area (Å²) < 4.78 is 16.8. The number of benzene rings is 1. The van der Waals surface area contributed by atoms with Crippen LogP contribution in [0.25, 0.3) is 10.9 Å². The van der Waals surface area contributed by atoms with Gasteiger partial charge >= 0.3 is 5.97 Å². The van der Waals surface area contributed by atoms with Gasteiger partial charge in [-0.1, -0.05) is 18.2 Å². The molecule has 2 aromatic heterocycles. The van der Waals surface area contributed by atoms with Crippen LogP contribution in [0, 0.1) is 0 Å². The molecule has 0 bridgehead atoms. The van der Waals surface area contributed by atoms with Gasteiger partial charge in [-0.25, -0.2) is 4.79 Å². The molecule has 0 atom stereocenters. The lowest BCUT2D eigenvalue weighted by Crippen LogP contribution is -2.13. The predicted molar refractivity (Wildman–Crippen MR) is 98.7 cm³/mol. The first-order valence-electron chi connectivity index (χ1n) is 7.49. The molecule has 1 N–H and O–H groups in total. The molecular formula is C17H18N2O3S2. The van der Waals surface area contributed by atoms with Crippen molar-refractivity contribution in [1.29, 1.82) is 0 Å². The van der Waals surface area contributed by atoms with Crippen molar-refractivity contribution in [3.63, 3.8) is 0 Å². The van der Waals surface area contributed by atoms with E-state index >= 15 is 0 Å². The number of para-hydroxylation sites is 1. The topological polar surface area (TPSA) is 52.5 Å². The second-order valence-corrected chi connectivity index (χ2v) is 7.03. The van der Waals surface area contributed by atoms with Crippen LogP contribution in [-0.4, -0.2) is 24.3 Å². The molecule has 0 spiro atoms. The lowest BCUT2D eigenvalue weighted by atomic mass is 10.2. The lowest BCUT2D eigenvalue weighted by molar-refractivity contribution is 0.0496. The Hall–Kier alpha value is -1.96. The molecule has 0 saturated heterocycles. The van der Waals surface area contributed by atoms with E-state index in [-0.39, 0.29) is 12.7 Å². The van der Waals surface area contributed by atoms with Crippen LogP contribution in [0.1, 0.15) is 17.4 Å². The summed E-state index contributed by atoms with van der Waals surface area (Å²) in [5, 5.41) is 3.00. The summed E-state index contributed by atoms with van der Waals surface area (Å²) in [6.07, 6.45) is 0. The molecule has 1 aromatic carbocycles. The highest BCUT2D eigenvalue weighted by Crippen LogP contribution is 2.32. The minimum Gasteiger partial charge on any atom is -0.461 e. The predicted octanol–water partition coefficient (Wildman–Crippen LogP) is 4.60. The molecule has 0 aliphatic carbocycles. The number of carbonyl (C=O) groups excluding carboxylic acids is 1. The Morgan fingerprint density at radius 2 is 2.21 bits per heavy atom. The van der Waals surface area contributed by atoms with E-state index in [2.05, 4.69) is 10.8 Å². The van der Waals surface area contributed by atoms with E-state index in [4.69, 9.17) is 9.47 Å². The molecule has 126 valence electrons. The Kier molecular flexibility index (Phi) is 5.44. The number of hydrogen-bond acceptors (Lipinski definition) is 6. The van der Waals surface area contributed by atoms with Crippen molar-refractivity contribution < 1.29 is 14.3 Å². The monoisotopic (exact) mass is 362 g/mol. The van der Waals surface area contributed by atoms with Crippen molar-refractivity contribution in [3.8, 4) is 0 Å². The zero-order valence-electron chi connectivity index (χ0n) is 13.4. The summed E-state index contributed by atoms with van der Waals surface area (Å²) in [6.45, 7) is 2.42. The maximum Gasteiger partial charge on any atom is 0.355 e. The molecule has 0 aliphatic rings. The van der Waals surface area contributed by atoms with Crippen LogP contribution in [0.2, 0.25) is 0 Å². The number of fused-ring (bicyclic) bond motifs is 1. The SMILES string of the molecule is CCOC(=O)c1cc2cccc(NSc3cccs3)c2n1COC. The minimum absolute atomic E-state index is 0.278.